The Morgan fingerprint density at radius 3 is 2.36 bits per heavy atom. The molecule has 25 heavy (non-hydrogen) atoms. The van der Waals surface area contributed by atoms with Crippen molar-refractivity contribution in [3.63, 3.8) is 0 Å². The molecule has 1 aromatic rings. The summed E-state index contributed by atoms with van der Waals surface area (Å²) in [7, 11) is 0. The fraction of sp³-hybridized carbons (Fsp3) is 0.400. The van der Waals surface area contributed by atoms with Crippen LogP contribution in [0.25, 0.3) is 0 Å². The third-order valence-electron chi connectivity index (χ3n) is 3.89. The van der Waals surface area contributed by atoms with Gasteiger partial charge in [-0.25, -0.2) is 14.8 Å². The summed E-state index contributed by atoms with van der Waals surface area (Å²) >= 11 is 0. The highest BCUT2D eigenvalue weighted by molar-refractivity contribution is 6.00. The lowest BCUT2D eigenvalue weighted by Crippen LogP contribution is -2.56. The van der Waals surface area contributed by atoms with Crippen molar-refractivity contribution < 1.29 is 27.9 Å². The number of carbonyl (C=O) groups excluding carboxylic acids is 1. The average Bonchev–Trinajstić information content (AvgIpc) is 2.54. The van der Waals surface area contributed by atoms with Gasteiger partial charge in [0, 0.05) is 24.9 Å². The van der Waals surface area contributed by atoms with Crippen molar-refractivity contribution in [2.24, 2.45) is 5.41 Å². The number of carboxylic acids is 1. The maximum absolute atomic E-state index is 11.5. The van der Waals surface area contributed by atoms with Gasteiger partial charge in [-0.3, -0.25) is 4.79 Å². The van der Waals surface area contributed by atoms with Crippen LogP contribution in [0.1, 0.15) is 12.8 Å². The Bertz CT molecular complexity index is 735. The van der Waals surface area contributed by atoms with Crippen LogP contribution in [-0.2, 0) is 9.59 Å². The monoisotopic (exact) mass is 354 g/mol. The topological polar surface area (TPSA) is 107 Å². The van der Waals surface area contributed by atoms with Crippen molar-refractivity contribution in [1.29, 1.82) is 5.26 Å². The van der Waals surface area contributed by atoms with Crippen molar-refractivity contribution in [3.05, 3.63) is 30.4 Å². The first-order valence-corrected chi connectivity index (χ1v) is 7.13. The molecule has 0 bridgehead atoms. The zero-order valence-corrected chi connectivity index (χ0v) is 12.8. The summed E-state index contributed by atoms with van der Waals surface area (Å²) in [6.07, 6.45) is 3.16. The number of Topliss-reactive ketones (excluding diaryl/α,β-unsaturated/α-hetero) is 1. The molecule has 1 fully saturated rings. The van der Waals surface area contributed by atoms with E-state index in [0.717, 1.165) is 25.2 Å². The molecule has 132 valence electrons. The first-order valence-electron chi connectivity index (χ1n) is 7.13. The van der Waals surface area contributed by atoms with Crippen LogP contribution in [0, 0.1) is 16.7 Å². The van der Waals surface area contributed by atoms with Crippen LogP contribution in [-0.4, -0.2) is 46.1 Å². The van der Waals surface area contributed by atoms with Crippen LogP contribution in [0.4, 0.5) is 18.9 Å². The number of carbonyl (C=O) groups is 2. The number of aromatic nitrogens is 2. The van der Waals surface area contributed by atoms with Gasteiger partial charge in [-0.1, -0.05) is 6.08 Å². The van der Waals surface area contributed by atoms with Gasteiger partial charge >= 0.3 is 12.1 Å². The Kier molecular flexibility index (Phi) is 5.06. The van der Waals surface area contributed by atoms with Gasteiger partial charge in [-0.05, 0) is 6.42 Å². The normalized spacial score (nSPS) is 18.4. The third kappa shape index (κ3) is 4.32. The largest absolute Gasteiger partial charge is 0.490 e. The molecule has 1 spiro atoms. The summed E-state index contributed by atoms with van der Waals surface area (Å²) in [4.78, 5) is 30.5. The van der Waals surface area contributed by atoms with Crippen molar-refractivity contribution in [2.45, 2.75) is 19.0 Å². The van der Waals surface area contributed by atoms with E-state index < -0.39 is 12.1 Å². The Morgan fingerprint density at radius 1 is 1.32 bits per heavy atom. The summed E-state index contributed by atoms with van der Waals surface area (Å²) < 4.78 is 31.7. The maximum atomic E-state index is 11.5. The maximum Gasteiger partial charge on any atom is 0.490 e. The molecule has 2 heterocycles. The number of halogens is 3. The summed E-state index contributed by atoms with van der Waals surface area (Å²) in [5.74, 6) is -2.78. The van der Waals surface area contributed by atoms with Crippen LogP contribution < -0.4 is 4.90 Å². The molecule has 10 heteroatoms. The quantitative estimate of drug-likeness (QED) is 0.818. The number of nitriles is 1. The van der Waals surface area contributed by atoms with Crippen molar-refractivity contribution in [1.82, 2.24) is 9.97 Å². The summed E-state index contributed by atoms with van der Waals surface area (Å²) in [5, 5.41) is 16.0. The Morgan fingerprint density at radius 2 is 1.88 bits per heavy atom. The molecule has 0 radical (unpaired) electrons. The van der Waals surface area contributed by atoms with E-state index in [1.54, 1.807) is 12.4 Å². The van der Waals surface area contributed by atoms with E-state index in [2.05, 4.69) is 14.9 Å². The first kappa shape index (κ1) is 18.4. The molecular formula is C15H13F3N4O3. The van der Waals surface area contributed by atoms with E-state index in [0.29, 0.717) is 12.0 Å². The number of alkyl halides is 3. The van der Waals surface area contributed by atoms with Crippen molar-refractivity contribution in [3.8, 4) is 6.07 Å². The molecule has 0 saturated carbocycles. The van der Waals surface area contributed by atoms with Crippen LogP contribution in [0.3, 0.4) is 0 Å². The van der Waals surface area contributed by atoms with Crippen LogP contribution in [0.2, 0.25) is 0 Å². The molecule has 0 atom stereocenters. The molecule has 0 unspecified atom stereocenters. The third-order valence-corrected chi connectivity index (χ3v) is 3.89. The van der Waals surface area contributed by atoms with Gasteiger partial charge in [0.1, 0.15) is 12.4 Å². The van der Waals surface area contributed by atoms with Gasteiger partial charge in [0.15, 0.2) is 5.78 Å². The standard InChI is InChI=1S/C13H12N4O.C2HF3O2/c14-4-10-3-13(2-1-12(10)18)7-17(8-13)11-5-15-9-16-6-11;3-2(4,5)1(6)7/h3,5-6,9H,1-2,7-8H2;(H,6,7). The highest BCUT2D eigenvalue weighted by Crippen LogP contribution is 2.42. The van der Waals surface area contributed by atoms with Crippen LogP contribution >= 0.6 is 0 Å². The number of carboxylic acid groups (broad SMARTS) is 1. The number of hydrogen-bond acceptors (Lipinski definition) is 6. The van der Waals surface area contributed by atoms with Gasteiger partial charge in [0.2, 0.25) is 0 Å². The Hall–Kier alpha value is -2.96. The van der Waals surface area contributed by atoms with Gasteiger partial charge in [0.25, 0.3) is 0 Å². The molecule has 0 amide bonds. The molecule has 0 aromatic carbocycles. The second-order valence-corrected chi connectivity index (χ2v) is 5.71. The van der Waals surface area contributed by atoms with Gasteiger partial charge in [0.05, 0.1) is 23.7 Å². The Labute approximate surface area is 140 Å². The van der Waals surface area contributed by atoms with E-state index in [1.807, 2.05) is 12.1 Å². The van der Waals surface area contributed by atoms with Gasteiger partial charge < -0.3 is 10.0 Å². The number of rotatable bonds is 1. The molecule has 1 aromatic heterocycles. The molecule has 7 nitrogen and oxygen atoms in total. The molecule has 1 aliphatic heterocycles. The highest BCUT2D eigenvalue weighted by atomic mass is 19.4. The minimum Gasteiger partial charge on any atom is -0.475 e. The fourth-order valence-electron chi connectivity index (χ4n) is 2.65. The lowest BCUT2D eigenvalue weighted by atomic mass is 9.70. The van der Waals surface area contributed by atoms with E-state index >= 15 is 0 Å². The first-order chi connectivity index (χ1) is 11.7. The second-order valence-electron chi connectivity index (χ2n) is 5.71. The number of hydrogen-bond donors (Lipinski definition) is 1. The fourth-order valence-corrected chi connectivity index (χ4v) is 2.65. The van der Waals surface area contributed by atoms with Crippen molar-refractivity contribution in [2.75, 3.05) is 18.0 Å². The molecule has 2 aliphatic rings. The highest BCUT2D eigenvalue weighted by Gasteiger charge is 2.44. The zero-order valence-electron chi connectivity index (χ0n) is 12.8. The number of anilines is 1. The number of ketones is 1. The van der Waals surface area contributed by atoms with Gasteiger partial charge in [-0.15, -0.1) is 0 Å². The van der Waals surface area contributed by atoms with E-state index in [1.165, 1.54) is 6.33 Å². The predicted molar refractivity (Wildman–Crippen MR) is 78.3 cm³/mol. The van der Waals surface area contributed by atoms with Crippen LogP contribution in [0.5, 0.6) is 0 Å². The van der Waals surface area contributed by atoms with E-state index in [-0.39, 0.29) is 11.2 Å². The smallest absolute Gasteiger partial charge is 0.475 e. The van der Waals surface area contributed by atoms with Crippen molar-refractivity contribution >= 4 is 17.4 Å². The van der Waals surface area contributed by atoms with Gasteiger partial charge in [-0.2, -0.15) is 18.4 Å². The zero-order chi connectivity index (χ0) is 18.7. The minimum atomic E-state index is -5.08. The lowest BCUT2D eigenvalue weighted by Gasteiger charge is -2.51. The summed E-state index contributed by atoms with van der Waals surface area (Å²) in [6.45, 7) is 1.66. The van der Waals surface area contributed by atoms with Crippen LogP contribution in [0.15, 0.2) is 30.4 Å². The minimum absolute atomic E-state index is 0.00514. The lowest BCUT2D eigenvalue weighted by molar-refractivity contribution is -0.192. The molecular weight excluding hydrogens is 341 g/mol. The summed E-state index contributed by atoms with van der Waals surface area (Å²) in [5.41, 5.74) is 1.31. The second kappa shape index (κ2) is 6.88. The summed E-state index contributed by atoms with van der Waals surface area (Å²) in [6, 6.07) is 2.00. The predicted octanol–water partition coefficient (Wildman–Crippen LogP) is 1.73. The Balaban J connectivity index is 0.000000277. The number of aliphatic carboxylic acids is 1. The molecule has 1 aliphatic carbocycles. The number of nitrogens with zero attached hydrogens (tertiary/aromatic N) is 4. The van der Waals surface area contributed by atoms with E-state index in [9.17, 15) is 18.0 Å². The average molecular weight is 354 g/mol. The molecule has 1 saturated heterocycles. The molecule has 1 N–H and O–H groups in total. The van der Waals surface area contributed by atoms with E-state index in [4.69, 9.17) is 15.2 Å². The molecule has 3 rings (SSSR count). The number of allylic oxidation sites excluding steroid dienone is 1. The SMILES string of the molecule is N#CC1=CC2(CCC1=O)CN(c1cncnc1)C2.O=C(O)C(F)(F)F.